The van der Waals surface area contributed by atoms with Gasteiger partial charge in [-0.2, -0.15) is 0 Å². The highest BCUT2D eigenvalue weighted by Gasteiger charge is 1.97. The van der Waals surface area contributed by atoms with Crippen LogP contribution in [0, 0.1) is 0 Å². The van der Waals surface area contributed by atoms with Crippen LogP contribution in [0.2, 0.25) is 0 Å². The standard InChI is InChI=1S/C16H17F/c1-5-9-10-12-14(7-3)15(8-4)13-16(17)11-6-2/h5-13H,1-4H2/b10-9-,14-12+,15-13+,16-11+. The van der Waals surface area contributed by atoms with Gasteiger partial charge in [0, 0.05) is 0 Å². The topological polar surface area (TPSA) is 0 Å². The third-order valence-electron chi connectivity index (χ3n) is 1.87. The van der Waals surface area contributed by atoms with Crippen molar-refractivity contribution < 1.29 is 4.39 Å². The third kappa shape index (κ3) is 6.10. The lowest BCUT2D eigenvalue weighted by atomic mass is 10.0. The van der Waals surface area contributed by atoms with Crippen molar-refractivity contribution in [3.63, 3.8) is 0 Å². The summed E-state index contributed by atoms with van der Waals surface area (Å²) in [5.41, 5.74) is 1.44. The first-order chi connectivity index (χ1) is 8.19. The lowest BCUT2D eigenvalue weighted by Gasteiger charge is -2.01. The molecule has 0 heterocycles. The van der Waals surface area contributed by atoms with Crippen LogP contribution in [-0.2, 0) is 0 Å². The summed E-state index contributed by atoms with van der Waals surface area (Å²) in [6.07, 6.45) is 14.3. The van der Waals surface area contributed by atoms with Crippen molar-refractivity contribution >= 4 is 0 Å². The smallest absolute Gasteiger partial charge is 0.123 e. The van der Waals surface area contributed by atoms with Crippen LogP contribution in [0.1, 0.15) is 0 Å². The molecule has 0 bridgehead atoms. The van der Waals surface area contributed by atoms with Crippen molar-refractivity contribution in [1.82, 2.24) is 0 Å². The molecule has 1 heteroatoms. The summed E-state index contributed by atoms with van der Waals surface area (Å²) in [6, 6.07) is 0. The third-order valence-corrected chi connectivity index (χ3v) is 1.87. The van der Waals surface area contributed by atoms with Gasteiger partial charge in [-0.25, -0.2) is 4.39 Å². The van der Waals surface area contributed by atoms with Crippen LogP contribution < -0.4 is 0 Å². The Bertz CT molecular complexity index is 415. The Balaban J connectivity index is 5.26. The molecule has 0 N–H and O–H groups in total. The summed E-state index contributed by atoms with van der Waals surface area (Å²) in [4.78, 5) is 0. The SMILES string of the molecule is C=C\C=C/C=C(C=C)/C(C=C)=C/C(F)=C\C=C. The van der Waals surface area contributed by atoms with Crippen molar-refractivity contribution in [3.8, 4) is 0 Å². The monoisotopic (exact) mass is 228 g/mol. The van der Waals surface area contributed by atoms with Gasteiger partial charge in [0.1, 0.15) is 5.83 Å². The number of hydrogen-bond acceptors (Lipinski definition) is 0. The van der Waals surface area contributed by atoms with Gasteiger partial charge in [0.25, 0.3) is 0 Å². The number of halogens is 1. The molecule has 0 aliphatic heterocycles. The van der Waals surface area contributed by atoms with Crippen molar-refractivity contribution in [2.75, 3.05) is 0 Å². The summed E-state index contributed by atoms with van der Waals surface area (Å²) in [6.45, 7) is 14.3. The van der Waals surface area contributed by atoms with Crippen LogP contribution in [0.25, 0.3) is 0 Å². The molecule has 0 aliphatic rings. The average molecular weight is 228 g/mol. The zero-order valence-corrected chi connectivity index (χ0v) is 9.90. The molecule has 0 amide bonds. The van der Waals surface area contributed by atoms with Gasteiger partial charge in [-0.15, -0.1) is 0 Å². The first-order valence-electron chi connectivity index (χ1n) is 5.14. The molecular formula is C16H17F. The molecule has 0 nitrogen and oxygen atoms in total. The van der Waals surface area contributed by atoms with Gasteiger partial charge in [0.2, 0.25) is 0 Å². The van der Waals surface area contributed by atoms with Crippen LogP contribution in [0.3, 0.4) is 0 Å². The summed E-state index contributed by atoms with van der Waals surface area (Å²) in [5.74, 6) is -0.379. The van der Waals surface area contributed by atoms with Crippen molar-refractivity contribution in [2.24, 2.45) is 0 Å². The molecule has 0 fully saturated rings. The van der Waals surface area contributed by atoms with Gasteiger partial charge in [-0.1, -0.05) is 68.8 Å². The minimum atomic E-state index is -0.379. The zero-order chi connectivity index (χ0) is 13.1. The molecule has 0 saturated carbocycles. The molecule has 0 aromatic rings. The minimum Gasteiger partial charge on any atom is -0.207 e. The minimum absolute atomic E-state index is 0.379. The highest BCUT2D eigenvalue weighted by Crippen LogP contribution is 2.16. The molecule has 0 radical (unpaired) electrons. The van der Waals surface area contributed by atoms with E-state index < -0.39 is 0 Å². The van der Waals surface area contributed by atoms with Crippen LogP contribution in [0.5, 0.6) is 0 Å². The van der Waals surface area contributed by atoms with Gasteiger partial charge in [-0.05, 0) is 23.3 Å². The van der Waals surface area contributed by atoms with E-state index in [2.05, 4.69) is 26.3 Å². The van der Waals surface area contributed by atoms with Crippen molar-refractivity contribution in [3.05, 3.63) is 98.0 Å². The summed E-state index contributed by atoms with van der Waals surface area (Å²) in [5, 5.41) is 0. The van der Waals surface area contributed by atoms with Gasteiger partial charge < -0.3 is 0 Å². The largest absolute Gasteiger partial charge is 0.207 e. The van der Waals surface area contributed by atoms with E-state index in [1.54, 1.807) is 30.4 Å². The Morgan fingerprint density at radius 1 is 0.765 bits per heavy atom. The van der Waals surface area contributed by atoms with Crippen molar-refractivity contribution in [2.45, 2.75) is 0 Å². The van der Waals surface area contributed by atoms with Crippen LogP contribution in [0.15, 0.2) is 98.0 Å². The second kappa shape index (κ2) is 9.10. The molecule has 0 aromatic heterocycles. The van der Waals surface area contributed by atoms with E-state index >= 15 is 0 Å². The van der Waals surface area contributed by atoms with Crippen LogP contribution in [0.4, 0.5) is 4.39 Å². The second-order valence-corrected chi connectivity index (χ2v) is 3.04. The molecule has 0 spiro atoms. The lowest BCUT2D eigenvalue weighted by Crippen LogP contribution is -1.83. The highest BCUT2D eigenvalue weighted by atomic mass is 19.1. The van der Waals surface area contributed by atoms with Crippen LogP contribution in [-0.4, -0.2) is 0 Å². The highest BCUT2D eigenvalue weighted by molar-refractivity contribution is 5.49. The summed E-state index contributed by atoms with van der Waals surface area (Å²) in [7, 11) is 0. The maximum atomic E-state index is 13.3. The van der Waals surface area contributed by atoms with E-state index in [1.165, 1.54) is 18.2 Å². The van der Waals surface area contributed by atoms with Crippen LogP contribution >= 0.6 is 0 Å². The quantitative estimate of drug-likeness (QED) is 0.538. The molecule has 0 unspecified atom stereocenters. The molecule has 88 valence electrons. The first kappa shape index (κ1) is 14.8. The molecular weight excluding hydrogens is 211 g/mol. The maximum absolute atomic E-state index is 13.3. The van der Waals surface area contributed by atoms with Gasteiger partial charge >= 0.3 is 0 Å². The number of hydrogen-bond donors (Lipinski definition) is 0. The fourth-order valence-corrected chi connectivity index (χ4v) is 1.09. The first-order valence-corrected chi connectivity index (χ1v) is 5.14. The van der Waals surface area contributed by atoms with E-state index in [0.29, 0.717) is 5.57 Å². The fourth-order valence-electron chi connectivity index (χ4n) is 1.09. The molecule has 0 rings (SSSR count). The van der Waals surface area contributed by atoms with Gasteiger partial charge in [0.05, 0.1) is 0 Å². The predicted molar refractivity (Wildman–Crippen MR) is 75.3 cm³/mol. The Labute approximate surface area is 103 Å². The number of allylic oxidation sites excluding steroid dienone is 12. The second-order valence-electron chi connectivity index (χ2n) is 3.04. The van der Waals surface area contributed by atoms with E-state index in [0.717, 1.165) is 5.57 Å². The number of rotatable bonds is 7. The van der Waals surface area contributed by atoms with E-state index in [9.17, 15) is 4.39 Å². The predicted octanol–water partition coefficient (Wildman–Crippen LogP) is 4.99. The summed E-state index contributed by atoms with van der Waals surface area (Å²) >= 11 is 0. The Hall–Kier alpha value is -2.15. The van der Waals surface area contributed by atoms with Gasteiger partial charge in [0.15, 0.2) is 0 Å². The molecule has 0 saturated heterocycles. The Morgan fingerprint density at radius 2 is 1.41 bits per heavy atom. The van der Waals surface area contributed by atoms with E-state index in [-0.39, 0.29) is 5.83 Å². The van der Waals surface area contributed by atoms with E-state index in [1.807, 2.05) is 6.08 Å². The average Bonchev–Trinajstić information content (AvgIpc) is 2.33. The molecule has 0 atom stereocenters. The Kier molecular flexibility index (Phi) is 7.95. The lowest BCUT2D eigenvalue weighted by molar-refractivity contribution is 0.666. The Morgan fingerprint density at radius 3 is 1.88 bits per heavy atom. The zero-order valence-electron chi connectivity index (χ0n) is 9.90. The molecule has 0 aromatic carbocycles. The normalized spacial score (nSPS) is 13.6. The van der Waals surface area contributed by atoms with Gasteiger partial charge in [-0.3, -0.25) is 0 Å². The fraction of sp³-hybridized carbons (Fsp3) is 0. The maximum Gasteiger partial charge on any atom is 0.123 e. The van der Waals surface area contributed by atoms with Crippen molar-refractivity contribution in [1.29, 1.82) is 0 Å². The molecule has 17 heavy (non-hydrogen) atoms. The summed E-state index contributed by atoms with van der Waals surface area (Å²) < 4.78 is 13.3. The van der Waals surface area contributed by atoms with E-state index in [4.69, 9.17) is 0 Å². The molecule has 0 aliphatic carbocycles.